The maximum absolute atomic E-state index is 13.2. The van der Waals surface area contributed by atoms with Gasteiger partial charge in [0.15, 0.2) is 5.76 Å². The minimum atomic E-state index is -1.89. The van der Waals surface area contributed by atoms with E-state index in [9.17, 15) is 15.0 Å². The predicted octanol–water partition coefficient (Wildman–Crippen LogP) is 3.79. The second kappa shape index (κ2) is 7.60. The van der Waals surface area contributed by atoms with Crippen molar-refractivity contribution in [2.45, 2.75) is 56.0 Å². The Morgan fingerprint density at radius 2 is 1.63 bits per heavy atom. The van der Waals surface area contributed by atoms with E-state index < -0.39 is 15.5 Å². The van der Waals surface area contributed by atoms with E-state index in [2.05, 4.69) is 0 Å². The van der Waals surface area contributed by atoms with E-state index in [1.807, 2.05) is 27.7 Å². The van der Waals surface area contributed by atoms with Crippen molar-refractivity contribution in [2.24, 2.45) is 0 Å². The summed E-state index contributed by atoms with van der Waals surface area (Å²) in [5.74, 6) is 1.36. The number of ketones is 1. The number of carbonyl (C=O) groups excluding carboxylic acids is 1. The normalized spacial score (nSPS) is 24.9. The topological polar surface area (TPSA) is 76.0 Å². The van der Waals surface area contributed by atoms with E-state index >= 15 is 0 Å². The highest BCUT2D eigenvalue weighted by Gasteiger charge is 2.70. The van der Waals surface area contributed by atoms with Crippen molar-refractivity contribution in [3.8, 4) is 5.75 Å². The smallest absolute Gasteiger partial charge is 0.243 e. The lowest BCUT2D eigenvalue weighted by Gasteiger charge is -2.52. The third kappa shape index (κ3) is 3.23. The van der Waals surface area contributed by atoms with Crippen LogP contribution in [-0.4, -0.2) is 45.3 Å². The molecule has 0 spiro atoms. The van der Waals surface area contributed by atoms with Gasteiger partial charge in [0.05, 0.1) is 12.2 Å². The number of phenols is 1. The number of para-hydroxylation sites is 1. The fourth-order valence-electron chi connectivity index (χ4n) is 3.33. The first-order valence-electron chi connectivity index (χ1n) is 9.15. The number of hydrogen-bond donors (Lipinski definition) is 2. The Bertz CT molecular complexity index is 752. The molecule has 1 fully saturated rings. The molecule has 1 aromatic carbocycles. The molecule has 0 bridgehead atoms. The molecular formula is C20H26O5S2. The number of carbonyl (C=O) groups is 1. The van der Waals surface area contributed by atoms with E-state index in [0.717, 1.165) is 17.9 Å². The van der Waals surface area contributed by atoms with E-state index in [1.54, 1.807) is 24.3 Å². The number of phenolic OH excluding ortho intramolecular Hbond substituents is 1. The Hall–Kier alpha value is -1.31. The minimum absolute atomic E-state index is 0.0581. The zero-order valence-corrected chi connectivity index (χ0v) is 17.7. The van der Waals surface area contributed by atoms with Gasteiger partial charge in [0, 0.05) is 5.56 Å². The van der Waals surface area contributed by atoms with Gasteiger partial charge in [-0.1, -0.05) is 18.2 Å². The molecule has 27 heavy (non-hydrogen) atoms. The number of ether oxygens (including phenoxy) is 2. The molecule has 7 heteroatoms. The van der Waals surface area contributed by atoms with Gasteiger partial charge in [-0.2, -0.15) is 0 Å². The molecule has 1 aliphatic carbocycles. The van der Waals surface area contributed by atoms with Gasteiger partial charge >= 0.3 is 0 Å². The van der Waals surface area contributed by atoms with Crippen LogP contribution in [0.1, 0.15) is 39.7 Å². The largest absolute Gasteiger partial charge is 0.508 e. The molecule has 0 aromatic heterocycles. The Balaban J connectivity index is 2.17. The second-order valence-corrected chi connectivity index (χ2v) is 10.1. The summed E-state index contributed by atoms with van der Waals surface area (Å²) in [5.41, 5.74) is -1.36. The van der Waals surface area contributed by atoms with E-state index in [0.29, 0.717) is 5.56 Å². The van der Waals surface area contributed by atoms with E-state index in [1.165, 1.54) is 23.5 Å². The van der Waals surface area contributed by atoms with Crippen LogP contribution in [0.3, 0.4) is 0 Å². The minimum Gasteiger partial charge on any atom is -0.508 e. The first-order valence-corrected chi connectivity index (χ1v) is 11.1. The monoisotopic (exact) mass is 410 g/mol. The molecule has 3 rings (SSSR count). The second-order valence-electron chi connectivity index (χ2n) is 7.22. The van der Waals surface area contributed by atoms with Crippen LogP contribution in [0.15, 0.2) is 35.8 Å². The maximum Gasteiger partial charge on any atom is 0.243 e. The number of hydrogen-bond acceptors (Lipinski definition) is 7. The van der Waals surface area contributed by atoms with Gasteiger partial charge in [-0.25, -0.2) is 0 Å². The highest BCUT2D eigenvalue weighted by atomic mass is 32.2. The summed E-state index contributed by atoms with van der Waals surface area (Å²) >= 11 is 2.96. The van der Waals surface area contributed by atoms with Crippen LogP contribution in [0.2, 0.25) is 0 Å². The van der Waals surface area contributed by atoms with E-state index in [-0.39, 0.29) is 29.5 Å². The van der Waals surface area contributed by atoms with Gasteiger partial charge in [0.1, 0.15) is 9.83 Å². The molecule has 1 aromatic rings. The molecule has 1 saturated heterocycles. The van der Waals surface area contributed by atoms with Gasteiger partial charge in [0.25, 0.3) is 0 Å². The number of aliphatic hydroxyl groups is 1. The van der Waals surface area contributed by atoms with Crippen molar-refractivity contribution in [3.05, 3.63) is 41.3 Å². The molecule has 1 atom stereocenters. The molecular weight excluding hydrogens is 384 g/mol. The number of benzene rings is 1. The number of thioether (sulfide) groups is 2. The summed E-state index contributed by atoms with van der Waals surface area (Å²) in [7, 11) is 0. The summed E-state index contributed by atoms with van der Waals surface area (Å²) in [6.07, 6.45) is 0.520. The van der Waals surface area contributed by atoms with Gasteiger partial charge in [-0.15, -0.1) is 23.5 Å². The van der Waals surface area contributed by atoms with Gasteiger partial charge in [0.2, 0.25) is 17.1 Å². The van der Waals surface area contributed by atoms with Crippen LogP contribution in [0.4, 0.5) is 0 Å². The zero-order chi connectivity index (χ0) is 19.8. The molecule has 2 N–H and O–H groups in total. The lowest BCUT2D eigenvalue weighted by molar-refractivity contribution is -0.152. The zero-order valence-electron chi connectivity index (χ0n) is 16.0. The number of rotatable bonds is 6. The first-order chi connectivity index (χ1) is 12.7. The van der Waals surface area contributed by atoms with Gasteiger partial charge in [-0.3, -0.25) is 4.79 Å². The highest BCUT2D eigenvalue weighted by Crippen LogP contribution is 2.64. The van der Waals surface area contributed by atoms with Crippen LogP contribution in [0, 0.1) is 0 Å². The molecule has 0 saturated carbocycles. The average molecular weight is 411 g/mol. The summed E-state index contributed by atoms with van der Waals surface area (Å²) in [4.78, 5) is 13.2. The molecule has 2 aliphatic rings. The third-order valence-corrected chi connectivity index (χ3v) is 7.95. The van der Waals surface area contributed by atoms with Crippen LogP contribution in [0.5, 0.6) is 5.75 Å². The van der Waals surface area contributed by atoms with Crippen LogP contribution >= 0.6 is 23.5 Å². The molecule has 1 heterocycles. The van der Waals surface area contributed by atoms with Crippen molar-refractivity contribution < 1.29 is 24.5 Å². The van der Waals surface area contributed by atoms with Crippen LogP contribution in [0.25, 0.3) is 0 Å². The fourth-order valence-corrected chi connectivity index (χ4v) is 6.95. The number of aromatic hydroxyl groups is 1. The average Bonchev–Trinajstić information content (AvgIpc) is 2.64. The van der Waals surface area contributed by atoms with Crippen LogP contribution < -0.4 is 0 Å². The third-order valence-electron chi connectivity index (χ3n) is 4.41. The SMILES string of the molecule is CC(C)OC1=C(OC(C)C)C(O)(C2(c3ccccc3O)SCCCS2)C1=O. The van der Waals surface area contributed by atoms with Crippen molar-refractivity contribution in [3.63, 3.8) is 0 Å². The first kappa shape index (κ1) is 20.4. The molecule has 5 nitrogen and oxygen atoms in total. The predicted molar refractivity (Wildman–Crippen MR) is 109 cm³/mol. The van der Waals surface area contributed by atoms with Gasteiger partial charge < -0.3 is 19.7 Å². The number of Topliss-reactive ketones (excluding diaryl/α,β-unsaturated/α-hetero) is 1. The quantitative estimate of drug-likeness (QED) is 0.739. The van der Waals surface area contributed by atoms with Crippen molar-refractivity contribution in [1.29, 1.82) is 0 Å². The molecule has 0 radical (unpaired) electrons. The summed E-state index contributed by atoms with van der Waals surface area (Å²) in [5, 5.41) is 22.3. The standard InChI is InChI=1S/C20H26O5S2/c1-12(2)24-16-17(22)19(23,18(16)25-13(3)4)20(26-10-7-11-27-20)14-8-5-6-9-15(14)21/h5-6,8-9,12-13,21,23H,7,10-11H2,1-4H3. The van der Waals surface area contributed by atoms with Crippen molar-refractivity contribution in [1.82, 2.24) is 0 Å². The summed E-state index contributed by atoms with van der Waals surface area (Å²) < 4.78 is 10.5. The highest BCUT2D eigenvalue weighted by molar-refractivity contribution is 8.18. The molecule has 148 valence electrons. The van der Waals surface area contributed by atoms with Crippen molar-refractivity contribution in [2.75, 3.05) is 11.5 Å². The fraction of sp³-hybridized carbons (Fsp3) is 0.550. The van der Waals surface area contributed by atoms with Crippen molar-refractivity contribution >= 4 is 29.3 Å². The Kier molecular flexibility index (Phi) is 5.75. The van der Waals surface area contributed by atoms with Crippen LogP contribution in [-0.2, 0) is 18.3 Å². The summed E-state index contributed by atoms with van der Waals surface area (Å²) in [6, 6.07) is 6.88. The Labute approximate surface area is 168 Å². The maximum atomic E-state index is 13.2. The lowest BCUT2D eigenvalue weighted by atomic mass is 9.76. The molecule has 0 amide bonds. The molecule has 1 unspecified atom stereocenters. The van der Waals surface area contributed by atoms with Gasteiger partial charge in [-0.05, 0) is 51.7 Å². The Morgan fingerprint density at radius 3 is 2.19 bits per heavy atom. The molecule has 1 aliphatic heterocycles. The summed E-state index contributed by atoms with van der Waals surface area (Å²) in [6.45, 7) is 7.34. The Morgan fingerprint density at radius 1 is 1.04 bits per heavy atom. The van der Waals surface area contributed by atoms with E-state index in [4.69, 9.17) is 9.47 Å². The lowest BCUT2D eigenvalue weighted by Crippen LogP contribution is -2.64.